The van der Waals surface area contributed by atoms with Crippen molar-refractivity contribution < 1.29 is 18.0 Å². The fourth-order valence-corrected chi connectivity index (χ4v) is 3.76. The molecule has 1 amide bonds. The van der Waals surface area contributed by atoms with Crippen LogP contribution in [0.3, 0.4) is 0 Å². The molecule has 4 aromatic heterocycles. The Hall–Kier alpha value is -4.53. The lowest BCUT2D eigenvalue weighted by Gasteiger charge is -2.09. The van der Waals surface area contributed by atoms with E-state index in [1.54, 1.807) is 30.7 Å². The summed E-state index contributed by atoms with van der Waals surface area (Å²) in [6, 6.07) is 16.9. The summed E-state index contributed by atoms with van der Waals surface area (Å²) in [7, 11) is 0. The minimum Gasteiger partial charge on any atom is -0.310 e. The number of imidazole rings is 1. The van der Waals surface area contributed by atoms with Gasteiger partial charge in [-0.2, -0.15) is 13.2 Å². The van der Waals surface area contributed by atoms with Crippen LogP contribution in [0.4, 0.5) is 19.0 Å². The highest BCUT2D eigenvalue weighted by molar-refractivity contribution is 5.91. The Morgan fingerprint density at radius 3 is 2.37 bits per heavy atom. The van der Waals surface area contributed by atoms with Crippen LogP contribution >= 0.6 is 0 Å². The average molecular weight is 473 g/mol. The summed E-state index contributed by atoms with van der Waals surface area (Å²) in [5.41, 5.74) is 4.54. The SMILES string of the molecule is O=C(Cc1ccc(-c2cnc3cc(-c4ccncc4)ccn23)cc1)Nc1cc(C(F)(F)F)ccn1. The fourth-order valence-electron chi connectivity index (χ4n) is 3.76. The van der Waals surface area contributed by atoms with Gasteiger partial charge < -0.3 is 5.32 Å². The minimum atomic E-state index is -4.50. The molecule has 35 heavy (non-hydrogen) atoms. The fraction of sp³-hybridized carbons (Fsp3) is 0.0769. The summed E-state index contributed by atoms with van der Waals surface area (Å²) < 4.78 is 40.5. The summed E-state index contributed by atoms with van der Waals surface area (Å²) in [5.74, 6) is -0.596. The summed E-state index contributed by atoms with van der Waals surface area (Å²) in [5, 5.41) is 2.42. The maximum absolute atomic E-state index is 12.9. The molecule has 0 fully saturated rings. The molecule has 174 valence electrons. The molecule has 5 rings (SSSR count). The molecule has 0 aliphatic heterocycles. The lowest BCUT2D eigenvalue weighted by molar-refractivity contribution is -0.137. The number of aromatic nitrogens is 4. The summed E-state index contributed by atoms with van der Waals surface area (Å²) in [4.78, 5) is 24.7. The molecule has 6 nitrogen and oxygen atoms in total. The molecule has 1 N–H and O–H groups in total. The van der Waals surface area contributed by atoms with Crippen molar-refractivity contribution in [3.63, 3.8) is 0 Å². The number of benzene rings is 1. The Bertz CT molecular complexity index is 1500. The van der Waals surface area contributed by atoms with Gasteiger partial charge in [0.05, 0.1) is 23.9 Å². The summed E-state index contributed by atoms with van der Waals surface area (Å²) >= 11 is 0. The van der Waals surface area contributed by atoms with E-state index < -0.39 is 17.6 Å². The lowest BCUT2D eigenvalue weighted by atomic mass is 10.1. The second-order valence-electron chi connectivity index (χ2n) is 7.87. The third-order valence-corrected chi connectivity index (χ3v) is 5.50. The van der Waals surface area contributed by atoms with E-state index in [0.717, 1.165) is 46.4 Å². The zero-order valence-corrected chi connectivity index (χ0v) is 18.2. The van der Waals surface area contributed by atoms with Gasteiger partial charge in [0, 0.05) is 30.4 Å². The van der Waals surface area contributed by atoms with Gasteiger partial charge in [-0.05, 0) is 53.1 Å². The topological polar surface area (TPSA) is 72.2 Å². The number of carbonyl (C=O) groups is 1. The number of fused-ring (bicyclic) bond motifs is 1. The molecule has 4 heterocycles. The van der Waals surface area contributed by atoms with Crippen molar-refractivity contribution in [1.29, 1.82) is 0 Å². The van der Waals surface area contributed by atoms with E-state index in [2.05, 4.69) is 20.3 Å². The monoisotopic (exact) mass is 473 g/mol. The molecule has 0 unspecified atom stereocenters. The number of anilines is 1. The van der Waals surface area contributed by atoms with Gasteiger partial charge in [-0.1, -0.05) is 24.3 Å². The first-order valence-corrected chi connectivity index (χ1v) is 10.7. The Labute approximate surface area is 198 Å². The lowest BCUT2D eigenvalue weighted by Crippen LogP contribution is -2.16. The van der Waals surface area contributed by atoms with E-state index in [4.69, 9.17) is 0 Å². The summed E-state index contributed by atoms with van der Waals surface area (Å²) in [6.45, 7) is 0. The van der Waals surface area contributed by atoms with Gasteiger partial charge in [0.15, 0.2) is 0 Å². The van der Waals surface area contributed by atoms with Gasteiger partial charge >= 0.3 is 6.18 Å². The van der Waals surface area contributed by atoms with Crippen molar-refractivity contribution in [2.24, 2.45) is 0 Å². The number of hydrogen-bond acceptors (Lipinski definition) is 4. The van der Waals surface area contributed by atoms with Crippen LogP contribution in [-0.2, 0) is 17.4 Å². The van der Waals surface area contributed by atoms with Crippen molar-refractivity contribution >= 4 is 17.4 Å². The van der Waals surface area contributed by atoms with E-state index in [9.17, 15) is 18.0 Å². The number of amides is 1. The van der Waals surface area contributed by atoms with Gasteiger partial charge in [-0.3, -0.25) is 14.2 Å². The molecule has 1 aromatic carbocycles. The number of alkyl halides is 3. The Kier molecular flexibility index (Phi) is 5.74. The minimum absolute atomic E-state index is 0.000646. The van der Waals surface area contributed by atoms with Gasteiger partial charge in [0.1, 0.15) is 11.5 Å². The standard InChI is InChI=1S/C26H18F3N5O/c27-26(28,29)21-7-11-31-23(15-21)33-25(35)13-17-1-3-19(4-2-17)22-16-32-24-14-20(8-12-34(22)24)18-5-9-30-10-6-18/h1-12,14-16H,13H2,(H,31,33,35). The van der Waals surface area contributed by atoms with Crippen LogP contribution in [0.2, 0.25) is 0 Å². The predicted molar refractivity (Wildman–Crippen MR) is 125 cm³/mol. The van der Waals surface area contributed by atoms with E-state index in [1.807, 2.05) is 47.0 Å². The first-order valence-electron chi connectivity index (χ1n) is 10.7. The zero-order chi connectivity index (χ0) is 24.4. The number of carbonyl (C=O) groups excluding carboxylic acids is 1. The zero-order valence-electron chi connectivity index (χ0n) is 18.2. The van der Waals surface area contributed by atoms with Gasteiger partial charge in [-0.15, -0.1) is 0 Å². The second kappa shape index (κ2) is 9.02. The average Bonchev–Trinajstić information content (AvgIpc) is 3.28. The smallest absolute Gasteiger partial charge is 0.310 e. The normalized spacial score (nSPS) is 11.5. The summed E-state index contributed by atoms with van der Waals surface area (Å²) in [6.07, 6.45) is 3.74. The second-order valence-corrected chi connectivity index (χ2v) is 7.87. The van der Waals surface area contributed by atoms with Crippen molar-refractivity contribution in [3.05, 3.63) is 103 Å². The quantitative estimate of drug-likeness (QED) is 0.358. The highest BCUT2D eigenvalue weighted by Gasteiger charge is 2.30. The Balaban J connectivity index is 1.30. The molecule has 0 aliphatic carbocycles. The first-order chi connectivity index (χ1) is 16.9. The largest absolute Gasteiger partial charge is 0.416 e. The maximum Gasteiger partial charge on any atom is 0.416 e. The number of nitrogens with one attached hydrogen (secondary N) is 1. The van der Waals surface area contributed by atoms with Crippen molar-refractivity contribution in [2.45, 2.75) is 12.6 Å². The number of halogens is 3. The van der Waals surface area contributed by atoms with E-state index in [0.29, 0.717) is 5.56 Å². The van der Waals surface area contributed by atoms with Crippen LogP contribution in [0, 0.1) is 0 Å². The van der Waals surface area contributed by atoms with E-state index in [1.165, 1.54) is 0 Å². The number of hydrogen-bond donors (Lipinski definition) is 1. The molecule has 0 radical (unpaired) electrons. The number of rotatable bonds is 5. The highest BCUT2D eigenvalue weighted by atomic mass is 19.4. The van der Waals surface area contributed by atoms with Crippen LogP contribution in [0.25, 0.3) is 28.0 Å². The van der Waals surface area contributed by atoms with Crippen molar-refractivity contribution in [3.8, 4) is 22.4 Å². The molecule has 0 saturated carbocycles. The molecule has 0 saturated heterocycles. The van der Waals surface area contributed by atoms with Crippen LogP contribution in [-0.4, -0.2) is 25.3 Å². The third kappa shape index (κ3) is 4.89. The van der Waals surface area contributed by atoms with Gasteiger partial charge in [0.2, 0.25) is 5.91 Å². The Morgan fingerprint density at radius 1 is 0.857 bits per heavy atom. The van der Waals surface area contributed by atoms with Crippen LogP contribution in [0.15, 0.2) is 91.6 Å². The Morgan fingerprint density at radius 2 is 1.63 bits per heavy atom. The van der Waals surface area contributed by atoms with Gasteiger partial charge in [0.25, 0.3) is 0 Å². The molecule has 0 atom stereocenters. The van der Waals surface area contributed by atoms with E-state index in [-0.39, 0.29) is 12.2 Å². The van der Waals surface area contributed by atoms with Crippen molar-refractivity contribution in [2.75, 3.05) is 5.32 Å². The highest BCUT2D eigenvalue weighted by Crippen LogP contribution is 2.30. The van der Waals surface area contributed by atoms with E-state index >= 15 is 0 Å². The predicted octanol–water partition coefficient (Wildman–Crippen LogP) is 5.66. The first kappa shape index (κ1) is 22.3. The number of nitrogens with zero attached hydrogens (tertiary/aromatic N) is 4. The van der Waals surface area contributed by atoms with Crippen LogP contribution in [0.1, 0.15) is 11.1 Å². The molecule has 5 aromatic rings. The van der Waals surface area contributed by atoms with Crippen molar-refractivity contribution in [1.82, 2.24) is 19.4 Å². The molecular formula is C26H18F3N5O. The van der Waals surface area contributed by atoms with Crippen LogP contribution < -0.4 is 5.32 Å². The molecule has 0 aliphatic rings. The molecule has 0 bridgehead atoms. The molecular weight excluding hydrogens is 455 g/mol. The van der Waals surface area contributed by atoms with Crippen LogP contribution in [0.5, 0.6) is 0 Å². The van der Waals surface area contributed by atoms with Gasteiger partial charge in [-0.25, -0.2) is 9.97 Å². The molecule has 0 spiro atoms. The third-order valence-electron chi connectivity index (χ3n) is 5.50. The number of pyridine rings is 3. The molecule has 9 heteroatoms. The maximum atomic E-state index is 12.9.